The predicted molar refractivity (Wildman–Crippen MR) is 62.0 cm³/mol. The highest BCUT2D eigenvalue weighted by Crippen LogP contribution is 2.08. The Morgan fingerprint density at radius 3 is 2.94 bits per heavy atom. The summed E-state index contributed by atoms with van der Waals surface area (Å²) in [7, 11) is 0. The van der Waals surface area contributed by atoms with Crippen LogP contribution in [0.5, 0.6) is 0 Å². The molecule has 1 aromatic heterocycles. The van der Waals surface area contributed by atoms with E-state index in [1.165, 1.54) is 0 Å². The number of carbonyl (C=O) groups is 1. The molecule has 4 heteroatoms. The van der Waals surface area contributed by atoms with E-state index < -0.39 is 0 Å². The topological polar surface area (TPSA) is 45.2 Å². The molecule has 2 rings (SSSR count). The number of rotatable bonds is 4. The van der Waals surface area contributed by atoms with Gasteiger partial charge >= 0.3 is 0 Å². The van der Waals surface area contributed by atoms with Crippen LogP contribution in [-0.4, -0.2) is 41.5 Å². The fourth-order valence-electron chi connectivity index (χ4n) is 1.91. The van der Waals surface area contributed by atoms with Gasteiger partial charge in [-0.2, -0.15) is 0 Å². The summed E-state index contributed by atoms with van der Waals surface area (Å²) in [5.74, 6) is 0.196. The van der Waals surface area contributed by atoms with Crippen molar-refractivity contribution in [3.05, 3.63) is 30.1 Å². The highest BCUT2D eigenvalue weighted by atomic mass is 16.2. The van der Waals surface area contributed by atoms with Crippen LogP contribution in [-0.2, 0) is 11.2 Å². The Bertz CT molecular complexity index is 349. The summed E-state index contributed by atoms with van der Waals surface area (Å²) in [5, 5.41) is 3.19. The van der Waals surface area contributed by atoms with Crippen molar-refractivity contribution in [3.8, 4) is 0 Å². The van der Waals surface area contributed by atoms with E-state index in [0.717, 1.165) is 25.2 Å². The summed E-state index contributed by atoms with van der Waals surface area (Å²) in [4.78, 5) is 18.0. The van der Waals surface area contributed by atoms with Gasteiger partial charge in [0.15, 0.2) is 0 Å². The lowest BCUT2D eigenvalue weighted by molar-refractivity contribution is -0.133. The van der Waals surface area contributed by atoms with E-state index in [1.54, 1.807) is 12.4 Å². The second-order valence-electron chi connectivity index (χ2n) is 4.03. The number of pyridine rings is 1. The predicted octanol–water partition coefficient (Wildman–Crippen LogP) is 0.444. The Labute approximate surface area is 95.7 Å². The van der Waals surface area contributed by atoms with Gasteiger partial charge in [0, 0.05) is 32.0 Å². The molecule has 0 unspecified atom stereocenters. The van der Waals surface area contributed by atoms with Crippen LogP contribution in [0.4, 0.5) is 0 Å². The van der Waals surface area contributed by atoms with Crippen molar-refractivity contribution in [1.82, 2.24) is 15.2 Å². The number of aromatic nitrogens is 1. The first kappa shape index (κ1) is 11.1. The first-order chi connectivity index (χ1) is 7.81. The van der Waals surface area contributed by atoms with Gasteiger partial charge in [0.1, 0.15) is 0 Å². The molecule has 4 nitrogen and oxygen atoms in total. The minimum Gasteiger partial charge on any atom is -0.337 e. The van der Waals surface area contributed by atoms with Gasteiger partial charge in [0.05, 0.1) is 12.5 Å². The average Bonchev–Trinajstić information content (AvgIpc) is 2.24. The third-order valence-corrected chi connectivity index (χ3v) is 2.94. The summed E-state index contributed by atoms with van der Waals surface area (Å²) in [6.45, 7) is 4.66. The molecule has 0 saturated carbocycles. The van der Waals surface area contributed by atoms with Crippen molar-refractivity contribution < 1.29 is 4.79 Å². The van der Waals surface area contributed by atoms with E-state index in [2.05, 4.69) is 10.3 Å². The first-order valence-corrected chi connectivity index (χ1v) is 5.70. The van der Waals surface area contributed by atoms with Gasteiger partial charge in [-0.25, -0.2) is 0 Å². The molecule has 2 heterocycles. The summed E-state index contributed by atoms with van der Waals surface area (Å²) in [6, 6.07) is 4.19. The molecule has 86 valence electrons. The second kappa shape index (κ2) is 5.07. The lowest BCUT2D eigenvalue weighted by Crippen LogP contribution is -2.59. The first-order valence-electron chi connectivity index (χ1n) is 5.70. The van der Waals surface area contributed by atoms with E-state index in [9.17, 15) is 4.79 Å². The molecule has 0 aromatic carbocycles. The van der Waals surface area contributed by atoms with Crippen molar-refractivity contribution in [2.24, 2.45) is 0 Å². The van der Waals surface area contributed by atoms with Crippen molar-refractivity contribution in [2.45, 2.75) is 19.4 Å². The lowest BCUT2D eigenvalue weighted by Gasteiger charge is -2.37. The average molecular weight is 219 g/mol. The van der Waals surface area contributed by atoms with Gasteiger partial charge in [-0.05, 0) is 18.6 Å². The number of hydrogen-bond donors (Lipinski definition) is 1. The molecule has 1 saturated heterocycles. The number of nitrogens with one attached hydrogen (secondary N) is 1. The third-order valence-electron chi connectivity index (χ3n) is 2.94. The molecule has 1 fully saturated rings. The van der Waals surface area contributed by atoms with Crippen molar-refractivity contribution in [2.75, 3.05) is 19.6 Å². The zero-order valence-electron chi connectivity index (χ0n) is 9.52. The van der Waals surface area contributed by atoms with Gasteiger partial charge in [0.2, 0.25) is 5.91 Å². The molecule has 0 bridgehead atoms. The van der Waals surface area contributed by atoms with Crippen LogP contribution in [0, 0.1) is 0 Å². The fourth-order valence-corrected chi connectivity index (χ4v) is 1.91. The summed E-state index contributed by atoms with van der Waals surface area (Å²) in [5.41, 5.74) is 0.984. The SMILES string of the molecule is CCN(C(=O)Cc1cccnc1)C1CNC1. The van der Waals surface area contributed by atoms with Gasteiger partial charge in [-0.1, -0.05) is 6.07 Å². The highest BCUT2D eigenvalue weighted by molar-refractivity contribution is 5.79. The van der Waals surface area contributed by atoms with Crippen LogP contribution < -0.4 is 5.32 Å². The minimum atomic E-state index is 0.196. The molecule has 1 aromatic rings. The maximum Gasteiger partial charge on any atom is 0.227 e. The van der Waals surface area contributed by atoms with Crippen LogP contribution in [0.1, 0.15) is 12.5 Å². The normalized spacial score (nSPS) is 15.6. The minimum absolute atomic E-state index is 0.196. The van der Waals surface area contributed by atoms with Crippen LogP contribution in [0.3, 0.4) is 0 Å². The third kappa shape index (κ3) is 2.39. The fraction of sp³-hybridized carbons (Fsp3) is 0.500. The molecule has 1 aliphatic heterocycles. The molecule has 0 radical (unpaired) electrons. The van der Waals surface area contributed by atoms with Crippen molar-refractivity contribution in [1.29, 1.82) is 0 Å². The zero-order valence-corrected chi connectivity index (χ0v) is 9.52. The smallest absolute Gasteiger partial charge is 0.227 e. The number of hydrogen-bond acceptors (Lipinski definition) is 3. The van der Waals surface area contributed by atoms with Crippen LogP contribution in [0.15, 0.2) is 24.5 Å². The van der Waals surface area contributed by atoms with Crippen molar-refractivity contribution in [3.63, 3.8) is 0 Å². The van der Waals surface area contributed by atoms with E-state index >= 15 is 0 Å². The van der Waals surface area contributed by atoms with Gasteiger partial charge in [-0.15, -0.1) is 0 Å². The van der Waals surface area contributed by atoms with Crippen molar-refractivity contribution >= 4 is 5.91 Å². The van der Waals surface area contributed by atoms with Gasteiger partial charge < -0.3 is 10.2 Å². The standard InChI is InChI=1S/C12H17N3O/c1-2-15(11-8-14-9-11)12(16)6-10-4-3-5-13-7-10/h3-5,7,11,14H,2,6,8-9H2,1H3. The molecule has 1 aliphatic rings. The monoisotopic (exact) mass is 219 g/mol. The Balaban J connectivity index is 1.95. The molecule has 0 spiro atoms. The van der Waals surface area contributed by atoms with E-state index in [0.29, 0.717) is 12.5 Å². The van der Waals surface area contributed by atoms with Crippen LogP contribution in [0.2, 0.25) is 0 Å². The van der Waals surface area contributed by atoms with Gasteiger partial charge in [-0.3, -0.25) is 9.78 Å². The van der Waals surface area contributed by atoms with Crippen LogP contribution >= 0.6 is 0 Å². The Kier molecular flexibility index (Phi) is 3.51. The van der Waals surface area contributed by atoms with E-state index in [-0.39, 0.29) is 5.91 Å². The molecule has 0 aliphatic carbocycles. The second-order valence-corrected chi connectivity index (χ2v) is 4.03. The number of nitrogens with zero attached hydrogens (tertiary/aromatic N) is 2. The Morgan fingerprint density at radius 2 is 2.44 bits per heavy atom. The number of likely N-dealkylation sites (N-methyl/N-ethyl adjacent to an activating group) is 1. The molecule has 1 N–H and O–H groups in total. The lowest BCUT2D eigenvalue weighted by atomic mass is 10.1. The summed E-state index contributed by atoms with van der Waals surface area (Å²) < 4.78 is 0. The molecule has 1 amide bonds. The molecule has 0 atom stereocenters. The summed E-state index contributed by atoms with van der Waals surface area (Å²) in [6.07, 6.45) is 3.93. The highest BCUT2D eigenvalue weighted by Gasteiger charge is 2.26. The number of carbonyl (C=O) groups excluding carboxylic acids is 1. The number of amides is 1. The van der Waals surface area contributed by atoms with Crippen LogP contribution in [0.25, 0.3) is 0 Å². The molecular formula is C12H17N3O. The molecular weight excluding hydrogens is 202 g/mol. The Morgan fingerprint density at radius 1 is 1.62 bits per heavy atom. The van der Waals surface area contributed by atoms with E-state index in [1.807, 2.05) is 24.0 Å². The quantitative estimate of drug-likeness (QED) is 0.799. The van der Waals surface area contributed by atoms with Gasteiger partial charge in [0.25, 0.3) is 0 Å². The summed E-state index contributed by atoms with van der Waals surface area (Å²) >= 11 is 0. The largest absolute Gasteiger partial charge is 0.337 e. The zero-order chi connectivity index (χ0) is 11.4. The maximum absolute atomic E-state index is 12.0. The maximum atomic E-state index is 12.0. The molecule has 16 heavy (non-hydrogen) atoms. The Hall–Kier alpha value is -1.42. The van der Waals surface area contributed by atoms with E-state index in [4.69, 9.17) is 0 Å².